The smallest absolute Gasteiger partial charge is 0.122 e. The standard InChI is InChI=1S/C14H13BrCl2N2O/c1-20-13-3-2-9(15)4-8(13)5-12(18)14-11(17)6-10(16)7-19-14/h2-4,6-7,12H,5,18H2,1H3. The maximum absolute atomic E-state index is 6.19. The van der Waals surface area contributed by atoms with E-state index in [2.05, 4.69) is 20.9 Å². The van der Waals surface area contributed by atoms with Gasteiger partial charge in [-0.05, 0) is 36.2 Å². The van der Waals surface area contributed by atoms with Crippen LogP contribution in [0.1, 0.15) is 17.3 Å². The van der Waals surface area contributed by atoms with Crippen molar-refractivity contribution in [1.29, 1.82) is 0 Å². The minimum Gasteiger partial charge on any atom is -0.496 e. The van der Waals surface area contributed by atoms with E-state index in [0.29, 0.717) is 22.2 Å². The van der Waals surface area contributed by atoms with Crippen molar-refractivity contribution in [1.82, 2.24) is 4.98 Å². The average Bonchev–Trinajstić information content (AvgIpc) is 2.38. The summed E-state index contributed by atoms with van der Waals surface area (Å²) >= 11 is 15.4. The normalized spacial score (nSPS) is 12.2. The molecule has 1 aromatic carbocycles. The third kappa shape index (κ3) is 3.64. The number of rotatable bonds is 4. The van der Waals surface area contributed by atoms with Crippen LogP contribution in [-0.4, -0.2) is 12.1 Å². The highest BCUT2D eigenvalue weighted by Crippen LogP contribution is 2.29. The molecule has 6 heteroatoms. The Balaban J connectivity index is 2.27. The van der Waals surface area contributed by atoms with Crippen LogP contribution in [0, 0.1) is 0 Å². The van der Waals surface area contributed by atoms with Gasteiger partial charge in [0.25, 0.3) is 0 Å². The van der Waals surface area contributed by atoms with E-state index in [4.69, 9.17) is 33.7 Å². The summed E-state index contributed by atoms with van der Waals surface area (Å²) in [5.41, 5.74) is 7.80. The lowest BCUT2D eigenvalue weighted by molar-refractivity contribution is 0.408. The van der Waals surface area contributed by atoms with E-state index >= 15 is 0 Å². The molecule has 3 nitrogen and oxygen atoms in total. The molecule has 0 saturated heterocycles. The van der Waals surface area contributed by atoms with Gasteiger partial charge in [-0.2, -0.15) is 0 Å². The molecule has 1 unspecified atom stereocenters. The Hall–Kier alpha value is -0.810. The Labute approximate surface area is 136 Å². The molecule has 0 spiro atoms. The second-order valence-electron chi connectivity index (χ2n) is 4.29. The summed E-state index contributed by atoms with van der Waals surface area (Å²) in [6.07, 6.45) is 2.11. The van der Waals surface area contributed by atoms with Gasteiger partial charge in [-0.1, -0.05) is 39.1 Å². The minimum atomic E-state index is -0.331. The van der Waals surface area contributed by atoms with E-state index in [1.54, 1.807) is 19.4 Å². The molecule has 0 aliphatic rings. The molecule has 0 saturated carbocycles. The molecule has 0 fully saturated rings. The van der Waals surface area contributed by atoms with Gasteiger partial charge in [-0.25, -0.2) is 0 Å². The third-order valence-corrected chi connectivity index (χ3v) is 3.87. The highest BCUT2D eigenvalue weighted by Gasteiger charge is 2.15. The lowest BCUT2D eigenvalue weighted by Crippen LogP contribution is -2.16. The molecule has 1 heterocycles. The molecule has 2 N–H and O–H groups in total. The summed E-state index contributed by atoms with van der Waals surface area (Å²) in [6, 6.07) is 7.10. The van der Waals surface area contributed by atoms with E-state index in [1.165, 1.54) is 0 Å². The van der Waals surface area contributed by atoms with E-state index in [0.717, 1.165) is 15.8 Å². The van der Waals surface area contributed by atoms with Crippen molar-refractivity contribution < 1.29 is 4.74 Å². The van der Waals surface area contributed by atoms with E-state index in [9.17, 15) is 0 Å². The van der Waals surface area contributed by atoms with E-state index in [1.807, 2.05) is 18.2 Å². The van der Waals surface area contributed by atoms with Gasteiger partial charge in [-0.15, -0.1) is 0 Å². The Kier molecular flexibility index (Phi) is 5.27. The van der Waals surface area contributed by atoms with Crippen molar-refractivity contribution in [3.8, 4) is 5.75 Å². The monoisotopic (exact) mass is 374 g/mol. The number of methoxy groups -OCH3 is 1. The first-order chi connectivity index (χ1) is 9.51. The lowest BCUT2D eigenvalue weighted by Gasteiger charge is -2.15. The number of nitrogens with two attached hydrogens (primary N) is 1. The van der Waals surface area contributed by atoms with Crippen LogP contribution < -0.4 is 10.5 Å². The minimum absolute atomic E-state index is 0.331. The Morgan fingerprint density at radius 1 is 1.35 bits per heavy atom. The van der Waals surface area contributed by atoms with Crippen LogP contribution in [0.4, 0.5) is 0 Å². The van der Waals surface area contributed by atoms with Gasteiger partial charge < -0.3 is 10.5 Å². The Bertz CT molecular complexity index is 622. The summed E-state index contributed by atoms with van der Waals surface area (Å²) in [6.45, 7) is 0. The summed E-state index contributed by atoms with van der Waals surface area (Å²) in [7, 11) is 1.63. The zero-order chi connectivity index (χ0) is 14.7. The number of hydrogen-bond donors (Lipinski definition) is 1. The molecule has 0 radical (unpaired) electrons. The Morgan fingerprint density at radius 3 is 2.75 bits per heavy atom. The molecular formula is C14H13BrCl2N2O. The number of benzene rings is 1. The molecule has 0 aliphatic carbocycles. The molecule has 106 valence electrons. The maximum atomic E-state index is 6.19. The van der Waals surface area contributed by atoms with Gasteiger partial charge in [0.2, 0.25) is 0 Å². The molecule has 0 aliphatic heterocycles. The van der Waals surface area contributed by atoms with Gasteiger partial charge in [0, 0.05) is 10.7 Å². The zero-order valence-corrected chi connectivity index (χ0v) is 13.8. The van der Waals surface area contributed by atoms with Crippen molar-refractivity contribution in [2.45, 2.75) is 12.5 Å². The number of nitrogens with zero attached hydrogens (tertiary/aromatic N) is 1. The van der Waals surface area contributed by atoms with Gasteiger partial charge >= 0.3 is 0 Å². The second kappa shape index (κ2) is 6.76. The van der Waals surface area contributed by atoms with Crippen LogP contribution in [0.15, 0.2) is 34.9 Å². The van der Waals surface area contributed by atoms with Crippen LogP contribution in [0.3, 0.4) is 0 Å². The third-order valence-electron chi connectivity index (χ3n) is 2.87. The van der Waals surface area contributed by atoms with Crippen LogP contribution in [0.2, 0.25) is 10.0 Å². The fourth-order valence-corrected chi connectivity index (χ4v) is 2.87. The largest absolute Gasteiger partial charge is 0.496 e. The van der Waals surface area contributed by atoms with Crippen molar-refractivity contribution in [3.63, 3.8) is 0 Å². The van der Waals surface area contributed by atoms with Crippen LogP contribution in [-0.2, 0) is 6.42 Å². The maximum Gasteiger partial charge on any atom is 0.122 e. The topological polar surface area (TPSA) is 48.1 Å². The molecular weight excluding hydrogens is 363 g/mol. The SMILES string of the molecule is COc1ccc(Br)cc1CC(N)c1ncc(Cl)cc1Cl. The van der Waals surface area contributed by atoms with Gasteiger partial charge in [0.15, 0.2) is 0 Å². The van der Waals surface area contributed by atoms with Crippen molar-refractivity contribution in [2.24, 2.45) is 5.73 Å². The first-order valence-corrected chi connectivity index (χ1v) is 7.45. The molecule has 2 aromatic rings. The fourth-order valence-electron chi connectivity index (χ4n) is 1.94. The molecule has 0 bridgehead atoms. The predicted octanol–water partition coefficient (Wildman–Crippen LogP) is 4.40. The number of halogens is 3. The zero-order valence-electron chi connectivity index (χ0n) is 10.7. The summed E-state index contributed by atoms with van der Waals surface area (Å²) in [5, 5.41) is 0.963. The van der Waals surface area contributed by atoms with Crippen LogP contribution in [0.25, 0.3) is 0 Å². The average molecular weight is 376 g/mol. The van der Waals surface area contributed by atoms with Gasteiger partial charge in [0.05, 0.1) is 28.9 Å². The number of pyridine rings is 1. The van der Waals surface area contributed by atoms with Crippen LogP contribution >= 0.6 is 39.1 Å². The van der Waals surface area contributed by atoms with Gasteiger partial charge in [0.1, 0.15) is 5.75 Å². The summed E-state index contributed by atoms with van der Waals surface area (Å²) in [5.74, 6) is 0.786. The predicted molar refractivity (Wildman–Crippen MR) is 85.6 cm³/mol. The van der Waals surface area contributed by atoms with E-state index < -0.39 is 0 Å². The first-order valence-electron chi connectivity index (χ1n) is 5.90. The number of hydrogen-bond acceptors (Lipinski definition) is 3. The highest BCUT2D eigenvalue weighted by atomic mass is 79.9. The fraction of sp³-hybridized carbons (Fsp3) is 0.214. The second-order valence-corrected chi connectivity index (χ2v) is 6.05. The van der Waals surface area contributed by atoms with E-state index in [-0.39, 0.29) is 6.04 Å². The molecule has 1 atom stereocenters. The molecule has 0 amide bonds. The van der Waals surface area contributed by atoms with Crippen molar-refractivity contribution in [2.75, 3.05) is 7.11 Å². The molecule has 1 aromatic heterocycles. The first kappa shape index (κ1) is 15.6. The molecule has 20 heavy (non-hydrogen) atoms. The van der Waals surface area contributed by atoms with Gasteiger partial charge in [-0.3, -0.25) is 4.98 Å². The van der Waals surface area contributed by atoms with Crippen LogP contribution in [0.5, 0.6) is 5.75 Å². The quantitative estimate of drug-likeness (QED) is 0.861. The highest BCUT2D eigenvalue weighted by molar-refractivity contribution is 9.10. The summed E-state index contributed by atoms with van der Waals surface area (Å²) < 4.78 is 6.30. The number of ether oxygens (including phenoxy) is 1. The Morgan fingerprint density at radius 2 is 2.10 bits per heavy atom. The lowest BCUT2D eigenvalue weighted by atomic mass is 10.0. The van der Waals surface area contributed by atoms with Crippen molar-refractivity contribution in [3.05, 3.63) is 56.2 Å². The van der Waals surface area contributed by atoms with Crippen molar-refractivity contribution >= 4 is 39.1 Å². The summed E-state index contributed by atoms with van der Waals surface area (Å²) in [4.78, 5) is 4.21. The molecule has 2 rings (SSSR count). The number of aromatic nitrogens is 1.